The maximum absolute atomic E-state index is 12.4. The summed E-state index contributed by atoms with van der Waals surface area (Å²) in [5, 5.41) is 9.55. The first-order chi connectivity index (χ1) is 12.4. The number of hydrogen-bond donors (Lipinski definition) is 3. The van der Waals surface area contributed by atoms with Crippen molar-refractivity contribution in [2.24, 2.45) is 0 Å². The molecule has 9 heteroatoms. The quantitative estimate of drug-likeness (QED) is 0.442. The van der Waals surface area contributed by atoms with E-state index >= 15 is 0 Å². The molecule has 136 valence electrons. The molecule has 0 bridgehead atoms. The van der Waals surface area contributed by atoms with Gasteiger partial charge in [-0.15, -0.1) is 11.3 Å². The molecule has 0 atom stereocenters. The highest BCUT2D eigenvalue weighted by Gasteiger charge is 2.14. The van der Waals surface area contributed by atoms with E-state index in [9.17, 15) is 13.2 Å². The zero-order valence-corrected chi connectivity index (χ0v) is 15.4. The van der Waals surface area contributed by atoms with E-state index in [4.69, 9.17) is 9.94 Å². The fraction of sp³-hybridized carbons (Fsp3) is 0.118. The lowest BCUT2D eigenvalue weighted by Gasteiger charge is -2.08. The first-order valence-electron chi connectivity index (χ1n) is 7.53. The predicted octanol–water partition coefficient (Wildman–Crippen LogP) is 2.51. The molecule has 3 aromatic rings. The fourth-order valence-corrected chi connectivity index (χ4v) is 4.40. The van der Waals surface area contributed by atoms with Gasteiger partial charge in [0.15, 0.2) is 0 Å². The number of amides is 1. The van der Waals surface area contributed by atoms with Gasteiger partial charge in [0.1, 0.15) is 5.75 Å². The van der Waals surface area contributed by atoms with E-state index in [1.165, 1.54) is 30.6 Å². The Balaban J connectivity index is 1.76. The number of sulfonamides is 1. The molecule has 0 radical (unpaired) electrons. The van der Waals surface area contributed by atoms with E-state index in [0.717, 1.165) is 15.6 Å². The van der Waals surface area contributed by atoms with Crippen molar-refractivity contribution in [1.82, 2.24) is 10.2 Å². The van der Waals surface area contributed by atoms with Crippen LogP contribution in [0.25, 0.3) is 10.1 Å². The van der Waals surface area contributed by atoms with Gasteiger partial charge < -0.3 is 4.74 Å². The van der Waals surface area contributed by atoms with Gasteiger partial charge in [0.25, 0.3) is 5.91 Å². The molecule has 1 heterocycles. The highest BCUT2D eigenvalue weighted by Crippen LogP contribution is 2.27. The van der Waals surface area contributed by atoms with Crippen LogP contribution < -0.4 is 14.9 Å². The summed E-state index contributed by atoms with van der Waals surface area (Å²) >= 11 is 1.21. The van der Waals surface area contributed by atoms with Crippen molar-refractivity contribution in [1.29, 1.82) is 0 Å². The molecule has 1 amide bonds. The lowest BCUT2D eigenvalue weighted by molar-refractivity contribution is 0.0711. The number of benzene rings is 2. The summed E-state index contributed by atoms with van der Waals surface area (Å²) in [6.07, 6.45) is 0. The number of carbonyl (C=O) groups excluding carboxylic acids is 1. The third kappa shape index (κ3) is 3.86. The van der Waals surface area contributed by atoms with E-state index in [0.29, 0.717) is 10.6 Å². The number of methoxy groups -OCH3 is 1. The van der Waals surface area contributed by atoms with Crippen LogP contribution in [0.4, 0.5) is 0 Å². The number of hydroxylamine groups is 1. The normalized spacial score (nSPS) is 11.5. The lowest BCUT2D eigenvalue weighted by Crippen LogP contribution is -2.23. The summed E-state index contributed by atoms with van der Waals surface area (Å²) in [5.41, 5.74) is 2.36. The second kappa shape index (κ2) is 7.42. The van der Waals surface area contributed by atoms with Crippen LogP contribution in [0.2, 0.25) is 0 Å². The Morgan fingerprint density at radius 2 is 1.88 bits per heavy atom. The van der Waals surface area contributed by atoms with Gasteiger partial charge in [-0.05, 0) is 47.3 Å². The standard InChI is InChI=1S/C17H16N2O5S2/c1-24-13-4-6-14(7-5-13)26(22,23)18-10-11-2-3-12-9-16(17(20)19-21)25-15(12)8-11/h2-9,18,21H,10H2,1H3,(H,19,20). The van der Waals surface area contributed by atoms with Gasteiger partial charge in [0.05, 0.1) is 16.9 Å². The zero-order valence-electron chi connectivity index (χ0n) is 13.7. The molecule has 0 unspecified atom stereocenters. The van der Waals surface area contributed by atoms with Crippen molar-refractivity contribution in [3.8, 4) is 5.75 Å². The smallest absolute Gasteiger partial charge is 0.284 e. The second-order valence-corrected chi connectivity index (χ2v) is 8.27. The van der Waals surface area contributed by atoms with E-state index in [1.807, 2.05) is 6.07 Å². The zero-order chi connectivity index (χ0) is 18.7. The maximum Gasteiger partial charge on any atom is 0.284 e. The number of thiophene rings is 1. The highest BCUT2D eigenvalue weighted by atomic mass is 32.2. The van der Waals surface area contributed by atoms with E-state index in [-0.39, 0.29) is 11.4 Å². The number of hydrogen-bond acceptors (Lipinski definition) is 6. The first kappa shape index (κ1) is 18.3. The summed E-state index contributed by atoms with van der Waals surface area (Å²) in [5.74, 6) is 0.00257. The number of ether oxygens (including phenoxy) is 1. The number of nitrogens with one attached hydrogen (secondary N) is 2. The van der Waals surface area contributed by atoms with Gasteiger partial charge in [0, 0.05) is 11.2 Å². The van der Waals surface area contributed by atoms with Gasteiger partial charge in [-0.2, -0.15) is 0 Å². The summed E-state index contributed by atoms with van der Waals surface area (Å²) in [6.45, 7) is 0.115. The molecule has 1 aromatic heterocycles. The third-order valence-corrected chi connectivity index (χ3v) is 6.26. The first-order valence-corrected chi connectivity index (χ1v) is 9.83. The van der Waals surface area contributed by atoms with Gasteiger partial charge in [-0.3, -0.25) is 10.0 Å². The van der Waals surface area contributed by atoms with Gasteiger partial charge >= 0.3 is 0 Å². The topological polar surface area (TPSA) is 105 Å². The second-order valence-electron chi connectivity index (χ2n) is 5.42. The van der Waals surface area contributed by atoms with E-state index in [1.54, 1.807) is 35.8 Å². The average molecular weight is 392 g/mol. The van der Waals surface area contributed by atoms with Crippen LogP contribution in [0.3, 0.4) is 0 Å². The fourth-order valence-electron chi connectivity index (χ4n) is 2.37. The van der Waals surface area contributed by atoms with Crippen molar-refractivity contribution in [2.45, 2.75) is 11.4 Å². The molecule has 0 spiro atoms. The van der Waals surface area contributed by atoms with Crippen LogP contribution in [0.5, 0.6) is 5.75 Å². The summed E-state index contributed by atoms with van der Waals surface area (Å²) < 4.78 is 33.1. The SMILES string of the molecule is COc1ccc(S(=O)(=O)NCc2ccc3cc(C(=O)NO)sc3c2)cc1. The van der Waals surface area contributed by atoms with Crippen molar-refractivity contribution >= 4 is 37.4 Å². The molecule has 2 aromatic carbocycles. The largest absolute Gasteiger partial charge is 0.497 e. The third-order valence-electron chi connectivity index (χ3n) is 3.75. The Kier molecular flexibility index (Phi) is 5.23. The lowest BCUT2D eigenvalue weighted by atomic mass is 10.2. The monoisotopic (exact) mass is 392 g/mol. The van der Waals surface area contributed by atoms with Crippen molar-refractivity contribution < 1.29 is 23.2 Å². The summed E-state index contributed by atoms with van der Waals surface area (Å²) in [4.78, 5) is 12.0. The van der Waals surface area contributed by atoms with Crippen LogP contribution in [0.1, 0.15) is 15.2 Å². The van der Waals surface area contributed by atoms with Crippen LogP contribution in [-0.4, -0.2) is 26.6 Å². The minimum atomic E-state index is -3.65. The highest BCUT2D eigenvalue weighted by molar-refractivity contribution is 7.89. The van der Waals surface area contributed by atoms with Crippen LogP contribution >= 0.6 is 11.3 Å². The minimum absolute atomic E-state index is 0.115. The Morgan fingerprint density at radius 1 is 1.15 bits per heavy atom. The van der Waals surface area contributed by atoms with Crippen LogP contribution in [0.15, 0.2) is 53.4 Å². The molecule has 3 N–H and O–H groups in total. The van der Waals surface area contributed by atoms with Crippen LogP contribution in [0, 0.1) is 0 Å². The molecule has 26 heavy (non-hydrogen) atoms. The average Bonchev–Trinajstić information content (AvgIpc) is 3.09. The Morgan fingerprint density at radius 3 is 2.54 bits per heavy atom. The molecule has 0 saturated heterocycles. The molecule has 0 aliphatic heterocycles. The van der Waals surface area contributed by atoms with Gasteiger partial charge in [-0.25, -0.2) is 18.6 Å². The number of carbonyl (C=O) groups is 1. The summed E-state index contributed by atoms with van der Waals surface area (Å²) in [6, 6.07) is 13.2. The van der Waals surface area contributed by atoms with E-state index < -0.39 is 15.9 Å². The molecule has 3 rings (SSSR count). The molecule has 0 saturated carbocycles. The molecule has 0 aliphatic carbocycles. The number of fused-ring (bicyclic) bond motifs is 1. The molecular formula is C17H16N2O5S2. The molecule has 0 aliphatic rings. The Labute approximate surface area is 154 Å². The Hall–Kier alpha value is -2.46. The summed E-state index contributed by atoms with van der Waals surface area (Å²) in [7, 11) is -2.14. The van der Waals surface area contributed by atoms with Gasteiger partial charge in [-0.1, -0.05) is 12.1 Å². The minimum Gasteiger partial charge on any atom is -0.497 e. The van der Waals surface area contributed by atoms with Crippen molar-refractivity contribution in [3.63, 3.8) is 0 Å². The molecule has 7 nitrogen and oxygen atoms in total. The predicted molar refractivity (Wildman–Crippen MR) is 98.1 cm³/mol. The number of rotatable bonds is 6. The van der Waals surface area contributed by atoms with E-state index in [2.05, 4.69) is 4.72 Å². The maximum atomic E-state index is 12.4. The molecule has 0 fully saturated rings. The Bertz CT molecular complexity index is 1040. The van der Waals surface area contributed by atoms with Crippen molar-refractivity contribution in [3.05, 3.63) is 59.0 Å². The van der Waals surface area contributed by atoms with Gasteiger partial charge in [0.2, 0.25) is 10.0 Å². The molecular weight excluding hydrogens is 376 g/mol. The van der Waals surface area contributed by atoms with Crippen molar-refractivity contribution in [2.75, 3.05) is 7.11 Å². The van der Waals surface area contributed by atoms with Crippen LogP contribution in [-0.2, 0) is 16.6 Å².